The third kappa shape index (κ3) is 7.58. The van der Waals surface area contributed by atoms with Crippen molar-refractivity contribution in [2.45, 2.75) is 150 Å². The Bertz CT molecular complexity index is 1320. The Morgan fingerprint density at radius 1 is 0.886 bits per heavy atom. The van der Waals surface area contributed by atoms with Gasteiger partial charge in [-0.05, 0) is 94.2 Å². The summed E-state index contributed by atoms with van der Waals surface area (Å²) in [6.07, 6.45) is -0.0211. The second kappa shape index (κ2) is 14.7. The molecule has 0 aromatic heterocycles. The third-order valence-electron chi connectivity index (χ3n) is 10.2. The second-order valence-corrected chi connectivity index (χ2v) is 15.0. The van der Waals surface area contributed by atoms with Crippen molar-refractivity contribution >= 4 is 17.8 Å². The van der Waals surface area contributed by atoms with Gasteiger partial charge in [-0.1, -0.05) is 104 Å². The molecule has 44 heavy (non-hydrogen) atoms. The highest BCUT2D eigenvalue weighted by atomic mass is 32.2. The van der Waals surface area contributed by atoms with E-state index in [0.29, 0.717) is 18.4 Å². The van der Waals surface area contributed by atoms with Crippen molar-refractivity contribution in [1.82, 2.24) is 0 Å². The number of alkyl halides is 3. The van der Waals surface area contributed by atoms with Crippen molar-refractivity contribution in [1.29, 1.82) is 0 Å². The van der Waals surface area contributed by atoms with Gasteiger partial charge < -0.3 is 4.65 Å². The Balaban J connectivity index is 0.00000216. The largest absolute Gasteiger partial charge is 0.420 e. The van der Waals surface area contributed by atoms with Gasteiger partial charge in [-0.2, -0.15) is 13.2 Å². The van der Waals surface area contributed by atoms with Crippen LogP contribution in [0.1, 0.15) is 136 Å². The zero-order valence-electron chi connectivity index (χ0n) is 29.6. The van der Waals surface area contributed by atoms with E-state index in [-0.39, 0.29) is 22.5 Å². The highest BCUT2D eigenvalue weighted by Gasteiger charge is 2.59. The van der Waals surface area contributed by atoms with Crippen LogP contribution in [0.2, 0.25) is 5.31 Å². The monoisotopic (exact) mass is 628 g/mol. The summed E-state index contributed by atoms with van der Waals surface area (Å²) in [5.74, 6) is 5.01. The quantitative estimate of drug-likeness (QED) is 0.202. The minimum Gasteiger partial charge on any atom is -0.420 e. The molecule has 0 radical (unpaired) electrons. The molecule has 0 spiro atoms. The van der Waals surface area contributed by atoms with Crippen molar-refractivity contribution in [3.63, 3.8) is 0 Å². The molecule has 2 aromatic rings. The minimum absolute atomic E-state index is 0.0765. The maximum Gasteiger partial charge on any atom is 0.405 e. The Hall–Kier alpha value is -1.84. The standard InChI is InChI=1S/C35H48BF3OS.C3H8/c1-12-15-26(6)33(11,35(37,38)39)21-20-27-16-17-28(22-24(27)4)34(13-2,14-3)29-18-19-30(25(5)23-29)41-36-31(7,8)32(9,10)40-36;1-3-2/h16-19,22-23,26H,12-15H2,1-11H3;3H2,1-2H3. The van der Waals surface area contributed by atoms with E-state index in [0.717, 1.165) is 18.4 Å². The summed E-state index contributed by atoms with van der Waals surface area (Å²) < 4.78 is 48.5. The van der Waals surface area contributed by atoms with Crippen molar-refractivity contribution in [2.24, 2.45) is 11.3 Å². The lowest BCUT2D eigenvalue weighted by Crippen LogP contribution is -2.59. The van der Waals surface area contributed by atoms with Crippen molar-refractivity contribution < 1.29 is 17.8 Å². The van der Waals surface area contributed by atoms with Gasteiger partial charge in [0.2, 0.25) is 0 Å². The number of rotatable bonds is 9. The highest BCUT2D eigenvalue weighted by molar-refractivity contribution is 8.25. The predicted molar refractivity (Wildman–Crippen MR) is 186 cm³/mol. The molecule has 2 aromatic carbocycles. The van der Waals surface area contributed by atoms with Gasteiger partial charge in [-0.25, -0.2) is 0 Å². The van der Waals surface area contributed by atoms with E-state index >= 15 is 0 Å². The smallest absolute Gasteiger partial charge is 0.405 e. The molecule has 1 saturated heterocycles. The Morgan fingerprint density at radius 2 is 1.41 bits per heavy atom. The molecule has 0 aliphatic carbocycles. The molecule has 0 N–H and O–H groups in total. The lowest BCUT2D eigenvalue weighted by Gasteiger charge is -2.56. The fraction of sp³-hybridized carbons (Fsp3) is 0.632. The first kappa shape index (κ1) is 38.3. The summed E-state index contributed by atoms with van der Waals surface area (Å²) in [7, 11) is 0. The zero-order chi connectivity index (χ0) is 33.7. The van der Waals surface area contributed by atoms with Crippen LogP contribution >= 0.6 is 11.6 Å². The Labute approximate surface area is 271 Å². The molecule has 1 aliphatic rings. The van der Waals surface area contributed by atoms with Crippen LogP contribution in [0.15, 0.2) is 41.3 Å². The van der Waals surface area contributed by atoms with Crippen LogP contribution in [-0.2, 0) is 10.1 Å². The maximum atomic E-state index is 14.1. The van der Waals surface area contributed by atoms with Crippen LogP contribution in [-0.4, -0.2) is 18.0 Å². The lowest BCUT2D eigenvalue weighted by molar-refractivity contribution is -0.211. The first-order chi connectivity index (χ1) is 20.3. The van der Waals surface area contributed by atoms with Crippen LogP contribution in [0.25, 0.3) is 0 Å². The second-order valence-electron chi connectivity index (χ2n) is 13.9. The van der Waals surface area contributed by atoms with Gasteiger partial charge >= 0.3 is 12.4 Å². The molecule has 1 nitrogen and oxygen atoms in total. The molecule has 1 fully saturated rings. The summed E-state index contributed by atoms with van der Waals surface area (Å²) in [5.41, 5.74) is 2.85. The van der Waals surface area contributed by atoms with Gasteiger partial charge in [0, 0.05) is 26.8 Å². The molecular formula is C38H56BF3OS. The van der Waals surface area contributed by atoms with Gasteiger partial charge in [-0.3, -0.25) is 0 Å². The highest BCUT2D eigenvalue weighted by Crippen LogP contribution is 2.58. The SMILES string of the molecule is CCC.CCCC(C)C(C)(C#Cc1ccc(C(CC)(CC)c2ccc(SB3OC(C)(C)C3(C)C)c(C)c2)cc1C)C(F)(F)F. The van der Waals surface area contributed by atoms with Crippen molar-refractivity contribution in [3.8, 4) is 11.8 Å². The lowest BCUT2D eigenvalue weighted by atomic mass is 9.49. The minimum atomic E-state index is -4.39. The van der Waals surface area contributed by atoms with Crippen LogP contribution in [0.4, 0.5) is 13.2 Å². The Kier molecular flexibility index (Phi) is 12.8. The van der Waals surface area contributed by atoms with E-state index in [2.05, 4.69) is 104 Å². The summed E-state index contributed by atoms with van der Waals surface area (Å²) in [6.45, 7) is 26.4. The zero-order valence-corrected chi connectivity index (χ0v) is 30.4. The van der Waals surface area contributed by atoms with E-state index in [1.54, 1.807) is 18.5 Å². The van der Waals surface area contributed by atoms with E-state index in [9.17, 15) is 13.2 Å². The van der Waals surface area contributed by atoms with Gasteiger partial charge in [-0.15, -0.1) is 11.6 Å². The average molecular weight is 629 g/mol. The average Bonchev–Trinajstić information content (AvgIpc) is 2.94. The van der Waals surface area contributed by atoms with Gasteiger partial charge in [0.05, 0.1) is 0 Å². The number of aryl methyl sites for hydroxylation is 2. The Morgan fingerprint density at radius 3 is 1.82 bits per heavy atom. The van der Waals surface area contributed by atoms with Crippen LogP contribution in [0.3, 0.4) is 0 Å². The van der Waals surface area contributed by atoms with E-state index in [1.807, 2.05) is 19.9 Å². The van der Waals surface area contributed by atoms with Crippen LogP contribution in [0.5, 0.6) is 0 Å². The predicted octanol–water partition coefficient (Wildman–Crippen LogP) is 12.4. The maximum absolute atomic E-state index is 14.1. The summed E-state index contributed by atoms with van der Waals surface area (Å²) in [5, 5.41) is 0.0765. The van der Waals surface area contributed by atoms with Gasteiger partial charge in [0.25, 0.3) is 0 Å². The third-order valence-corrected chi connectivity index (χ3v) is 11.9. The van der Waals surface area contributed by atoms with Crippen LogP contribution in [0, 0.1) is 37.0 Å². The number of halogens is 3. The molecule has 1 heterocycles. The molecule has 2 atom stereocenters. The normalized spacial score (nSPS) is 17.8. The molecule has 244 valence electrons. The fourth-order valence-electron chi connectivity index (χ4n) is 5.89. The van der Waals surface area contributed by atoms with Crippen molar-refractivity contribution in [2.75, 3.05) is 0 Å². The molecule has 3 rings (SSSR count). The summed E-state index contributed by atoms with van der Waals surface area (Å²) in [6, 6.07) is 12.9. The number of benzene rings is 2. The molecule has 6 heteroatoms. The van der Waals surface area contributed by atoms with Gasteiger partial charge in [0.1, 0.15) is 5.41 Å². The van der Waals surface area contributed by atoms with Crippen molar-refractivity contribution in [3.05, 3.63) is 64.2 Å². The van der Waals surface area contributed by atoms with Crippen LogP contribution < -0.4 is 0 Å². The molecule has 0 bridgehead atoms. The number of hydrogen-bond acceptors (Lipinski definition) is 2. The van der Waals surface area contributed by atoms with E-state index in [1.165, 1.54) is 34.9 Å². The van der Waals surface area contributed by atoms with E-state index < -0.39 is 17.5 Å². The fourth-order valence-corrected chi connectivity index (χ4v) is 7.37. The topological polar surface area (TPSA) is 9.23 Å². The molecule has 2 unspecified atom stereocenters. The molecule has 1 aliphatic heterocycles. The molecule has 0 saturated carbocycles. The number of hydrogen-bond donors (Lipinski definition) is 0. The summed E-state index contributed by atoms with van der Waals surface area (Å²) in [4.78, 5) is 1.23. The first-order valence-electron chi connectivity index (χ1n) is 16.5. The summed E-state index contributed by atoms with van der Waals surface area (Å²) >= 11 is 1.80. The molecular weight excluding hydrogens is 572 g/mol. The molecule has 0 amide bonds. The first-order valence-corrected chi connectivity index (χ1v) is 17.4. The van der Waals surface area contributed by atoms with Gasteiger partial charge in [0.15, 0.2) is 0 Å². The van der Waals surface area contributed by atoms with E-state index in [4.69, 9.17) is 4.65 Å².